The maximum Gasteiger partial charge on any atom is 0.271 e. The third-order valence-corrected chi connectivity index (χ3v) is 5.26. The highest BCUT2D eigenvalue weighted by Gasteiger charge is 2.19. The summed E-state index contributed by atoms with van der Waals surface area (Å²) >= 11 is 0. The summed E-state index contributed by atoms with van der Waals surface area (Å²) < 4.78 is 5.69. The Balaban J connectivity index is 0.00000108. The maximum absolute atomic E-state index is 12.4. The number of ether oxygens (including phenoxy) is 1. The fourth-order valence-electron chi connectivity index (χ4n) is 3.23. The topological polar surface area (TPSA) is 130 Å². The molecule has 0 saturated heterocycles. The Morgan fingerprint density at radius 1 is 1.26 bits per heavy atom. The van der Waals surface area contributed by atoms with Crippen LogP contribution in [0.2, 0.25) is 0 Å². The Morgan fingerprint density at radius 2 is 1.94 bits per heavy atom. The van der Waals surface area contributed by atoms with Gasteiger partial charge in [-0.25, -0.2) is 0 Å². The molecular formula is C26H40N6O3. The van der Waals surface area contributed by atoms with Gasteiger partial charge in [0.2, 0.25) is 0 Å². The minimum absolute atomic E-state index is 0.171. The maximum atomic E-state index is 12.4. The summed E-state index contributed by atoms with van der Waals surface area (Å²) in [5.74, 6) is 0.665. The number of anilines is 1. The second-order valence-corrected chi connectivity index (χ2v) is 7.99. The van der Waals surface area contributed by atoms with Gasteiger partial charge in [0.25, 0.3) is 5.91 Å². The molecule has 1 aromatic rings. The van der Waals surface area contributed by atoms with E-state index in [0.29, 0.717) is 28.7 Å². The van der Waals surface area contributed by atoms with Crippen LogP contribution in [0.3, 0.4) is 0 Å². The van der Waals surface area contributed by atoms with Gasteiger partial charge in [0.15, 0.2) is 11.4 Å². The van der Waals surface area contributed by atoms with Crippen LogP contribution >= 0.6 is 0 Å². The first-order valence-electron chi connectivity index (χ1n) is 11.7. The number of aliphatic imine (C=N–C) groups is 1. The Hall–Kier alpha value is -3.75. The van der Waals surface area contributed by atoms with Crippen LogP contribution in [-0.4, -0.2) is 47.2 Å². The van der Waals surface area contributed by atoms with Crippen LogP contribution in [0.4, 0.5) is 5.69 Å². The number of allylic oxidation sites excluding steroid dienone is 2. The number of rotatable bonds is 12. The first kappa shape index (κ1) is 29.3. The van der Waals surface area contributed by atoms with Gasteiger partial charge in [-0.3, -0.25) is 9.79 Å². The van der Waals surface area contributed by atoms with Crippen molar-refractivity contribution in [3.8, 4) is 5.75 Å². The lowest BCUT2D eigenvalue weighted by molar-refractivity contribution is -0.117. The lowest BCUT2D eigenvalue weighted by Crippen LogP contribution is -2.22. The Morgan fingerprint density at radius 3 is 2.37 bits per heavy atom. The highest BCUT2D eigenvalue weighted by Crippen LogP contribution is 2.35. The molecule has 0 heterocycles. The molecule has 0 spiro atoms. The number of hydrogen-bond acceptors (Lipinski definition) is 8. The largest absolute Gasteiger partial charge is 0.494 e. The zero-order chi connectivity index (χ0) is 26.4. The number of carbonyl (C=O) groups excluding carboxylic acids is 2. The smallest absolute Gasteiger partial charge is 0.271 e. The number of nitrogens with zero attached hydrogens (tertiary/aromatic N) is 1. The summed E-state index contributed by atoms with van der Waals surface area (Å²) in [6, 6.07) is 3.81. The fourth-order valence-corrected chi connectivity index (χ4v) is 3.23. The Labute approximate surface area is 209 Å². The van der Waals surface area contributed by atoms with E-state index < -0.39 is 0 Å². The lowest BCUT2D eigenvalue weighted by atomic mass is 10.0. The number of hydrogen-bond donors (Lipinski definition) is 5. The van der Waals surface area contributed by atoms with Crippen molar-refractivity contribution < 1.29 is 14.3 Å². The van der Waals surface area contributed by atoms with E-state index in [1.54, 1.807) is 27.4 Å². The number of likely N-dealkylation sites (N-methyl/N-ethyl adjacent to an activating group) is 1. The van der Waals surface area contributed by atoms with Gasteiger partial charge in [-0.05, 0) is 50.6 Å². The summed E-state index contributed by atoms with van der Waals surface area (Å²) in [6.45, 7) is 7.61. The van der Waals surface area contributed by atoms with E-state index in [4.69, 9.17) is 10.5 Å². The van der Waals surface area contributed by atoms with Crippen LogP contribution in [0.5, 0.6) is 5.75 Å². The molecule has 0 bridgehead atoms. The van der Waals surface area contributed by atoms with Gasteiger partial charge in [0, 0.05) is 44.5 Å². The monoisotopic (exact) mass is 484 g/mol. The van der Waals surface area contributed by atoms with Crippen molar-refractivity contribution in [2.45, 2.75) is 39.5 Å². The first-order chi connectivity index (χ1) is 16.8. The summed E-state index contributed by atoms with van der Waals surface area (Å²) in [7, 11) is 6.75. The average molecular weight is 485 g/mol. The van der Waals surface area contributed by atoms with Crippen molar-refractivity contribution in [2.75, 3.05) is 33.6 Å². The van der Waals surface area contributed by atoms with E-state index in [1.165, 1.54) is 0 Å². The standard InChI is InChI=1S/C22H34N6O2.C4H6O/c1-8-9-15(25-4)12-18(20(26-5)22(29)27-6)28-17-11-10-14(2)19(21(17)30-7)16(23)13-24-3;5-3-4-1-2-4/h10-13,24-25,28H,5,8-9,23H2,1-4,6-7H3,(H,27,29);3-4H,1-2H2/b15-12+,16-13-,20-18+;. The van der Waals surface area contributed by atoms with E-state index in [-0.39, 0.29) is 11.6 Å². The molecule has 1 amide bonds. The highest BCUT2D eigenvalue weighted by molar-refractivity contribution is 5.95. The van der Waals surface area contributed by atoms with E-state index in [1.807, 2.05) is 32.2 Å². The molecule has 0 unspecified atom stereocenters. The van der Waals surface area contributed by atoms with Crippen molar-refractivity contribution in [1.29, 1.82) is 0 Å². The number of carbonyl (C=O) groups is 2. The lowest BCUT2D eigenvalue weighted by Gasteiger charge is -2.19. The number of amides is 1. The fraction of sp³-hybridized carbons (Fsp3) is 0.423. The van der Waals surface area contributed by atoms with Gasteiger partial charge in [0.05, 0.1) is 24.2 Å². The van der Waals surface area contributed by atoms with Crippen LogP contribution in [0.1, 0.15) is 43.7 Å². The van der Waals surface area contributed by atoms with E-state index in [9.17, 15) is 9.59 Å². The molecule has 1 saturated carbocycles. The quantitative estimate of drug-likeness (QED) is 0.133. The molecule has 0 aromatic heterocycles. The van der Waals surface area contributed by atoms with Crippen LogP contribution in [-0.2, 0) is 9.59 Å². The SMILES string of the molecule is C=N/C(C(=O)NC)=C(\C=C(/CCC)NC)Nc1ccc(C)c(/C(N)=C/NC)c1OC.O=CC1CC1. The van der Waals surface area contributed by atoms with Crippen molar-refractivity contribution in [1.82, 2.24) is 16.0 Å². The predicted molar refractivity (Wildman–Crippen MR) is 144 cm³/mol. The summed E-state index contributed by atoms with van der Waals surface area (Å²) in [5.41, 5.74) is 10.8. The molecule has 9 heteroatoms. The van der Waals surface area contributed by atoms with Crippen LogP contribution < -0.4 is 31.7 Å². The molecule has 192 valence electrons. The Kier molecular flexibility index (Phi) is 12.7. The van der Waals surface area contributed by atoms with Crippen molar-refractivity contribution in [3.05, 3.63) is 52.6 Å². The zero-order valence-corrected chi connectivity index (χ0v) is 21.7. The number of nitrogens with one attached hydrogen (secondary N) is 4. The number of aldehydes is 1. The molecule has 1 aliphatic rings. The van der Waals surface area contributed by atoms with Crippen LogP contribution in [0.15, 0.2) is 46.5 Å². The second-order valence-electron chi connectivity index (χ2n) is 7.99. The third kappa shape index (κ3) is 8.84. The number of aryl methyl sites for hydroxylation is 1. The molecule has 0 atom stereocenters. The third-order valence-electron chi connectivity index (χ3n) is 5.26. The summed E-state index contributed by atoms with van der Waals surface area (Å²) in [5, 5.41) is 12.0. The summed E-state index contributed by atoms with van der Waals surface area (Å²) in [6.07, 6.45) is 8.63. The number of nitrogens with two attached hydrogens (primary N) is 1. The Bertz CT molecular complexity index is 978. The van der Waals surface area contributed by atoms with Gasteiger partial charge < -0.3 is 36.5 Å². The second kappa shape index (κ2) is 15.2. The minimum Gasteiger partial charge on any atom is -0.494 e. The molecule has 9 nitrogen and oxygen atoms in total. The predicted octanol–water partition coefficient (Wildman–Crippen LogP) is 3.05. The van der Waals surface area contributed by atoms with Gasteiger partial charge in [-0.1, -0.05) is 19.4 Å². The number of methoxy groups -OCH3 is 1. The molecule has 35 heavy (non-hydrogen) atoms. The van der Waals surface area contributed by atoms with Gasteiger partial charge in [-0.15, -0.1) is 0 Å². The van der Waals surface area contributed by atoms with Gasteiger partial charge >= 0.3 is 0 Å². The highest BCUT2D eigenvalue weighted by atomic mass is 16.5. The van der Waals surface area contributed by atoms with Crippen LogP contribution in [0, 0.1) is 12.8 Å². The summed E-state index contributed by atoms with van der Waals surface area (Å²) in [4.78, 5) is 25.9. The molecule has 0 aliphatic heterocycles. The molecule has 1 aromatic carbocycles. The van der Waals surface area contributed by atoms with Gasteiger partial charge in [-0.2, -0.15) is 0 Å². The van der Waals surface area contributed by atoms with E-state index >= 15 is 0 Å². The van der Waals surface area contributed by atoms with E-state index in [2.05, 4.69) is 39.9 Å². The zero-order valence-electron chi connectivity index (χ0n) is 21.7. The van der Waals surface area contributed by atoms with Gasteiger partial charge in [0.1, 0.15) is 6.29 Å². The van der Waals surface area contributed by atoms with Crippen molar-refractivity contribution >= 4 is 30.3 Å². The van der Waals surface area contributed by atoms with E-state index in [0.717, 1.165) is 48.8 Å². The number of benzene rings is 1. The molecule has 2 rings (SSSR count). The molecule has 1 fully saturated rings. The molecular weight excluding hydrogens is 444 g/mol. The van der Waals surface area contributed by atoms with Crippen molar-refractivity contribution in [2.24, 2.45) is 16.6 Å². The molecule has 6 N–H and O–H groups in total. The van der Waals surface area contributed by atoms with Crippen LogP contribution in [0.25, 0.3) is 5.70 Å². The van der Waals surface area contributed by atoms with Crippen molar-refractivity contribution in [3.63, 3.8) is 0 Å². The average Bonchev–Trinajstić information content (AvgIpc) is 3.69. The first-order valence-corrected chi connectivity index (χ1v) is 11.7. The normalized spacial score (nSPS) is 14.0. The minimum atomic E-state index is -0.350. The molecule has 0 radical (unpaired) electrons. The molecule has 1 aliphatic carbocycles.